The molecule has 1 unspecified atom stereocenters. The summed E-state index contributed by atoms with van der Waals surface area (Å²) in [4.78, 5) is 20.2. The van der Waals surface area contributed by atoms with Crippen LogP contribution in [0.1, 0.15) is 31.2 Å². The van der Waals surface area contributed by atoms with E-state index in [1.54, 1.807) is 13.2 Å². The number of benzene rings is 1. The van der Waals surface area contributed by atoms with E-state index in [1.165, 1.54) is 18.4 Å². The van der Waals surface area contributed by atoms with E-state index >= 15 is 0 Å². The fourth-order valence-electron chi connectivity index (χ4n) is 4.45. The Morgan fingerprint density at radius 1 is 1.10 bits per heavy atom. The lowest BCUT2D eigenvalue weighted by molar-refractivity contribution is 0.122. The van der Waals surface area contributed by atoms with Gasteiger partial charge >= 0.3 is 0 Å². The van der Waals surface area contributed by atoms with Gasteiger partial charge in [0.2, 0.25) is 0 Å². The molecule has 0 amide bonds. The van der Waals surface area contributed by atoms with Crippen molar-refractivity contribution in [1.29, 1.82) is 0 Å². The monoisotopic (exact) mass is 397 g/mol. The van der Waals surface area contributed by atoms with E-state index in [0.29, 0.717) is 19.3 Å². The zero-order valence-corrected chi connectivity index (χ0v) is 17.2. The van der Waals surface area contributed by atoms with Crippen LogP contribution in [-0.2, 0) is 11.2 Å². The summed E-state index contributed by atoms with van der Waals surface area (Å²) in [6.07, 6.45) is 5.68. The Hall–Kier alpha value is -2.47. The molecule has 1 N–H and O–H groups in total. The summed E-state index contributed by atoms with van der Waals surface area (Å²) in [6, 6.07) is 12.5. The molecule has 4 rings (SSSR count). The predicted octanol–water partition coefficient (Wildman–Crippen LogP) is 3.21. The van der Waals surface area contributed by atoms with Gasteiger partial charge in [-0.25, -0.2) is 0 Å². The minimum atomic E-state index is -0.0339. The molecule has 3 heterocycles. The van der Waals surface area contributed by atoms with E-state index in [2.05, 4.69) is 39.0 Å². The third-order valence-corrected chi connectivity index (χ3v) is 5.98. The molecular formula is C23H31N3O3. The summed E-state index contributed by atoms with van der Waals surface area (Å²) >= 11 is 0. The van der Waals surface area contributed by atoms with Crippen molar-refractivity contribution in [3.63, 3.8) is 0 Å². The highest BCUT2D eigenvalue weighted by Gasteiger charge is 2.24. The van der Waals surface area contributed by atoms with Crippen LogP contribution < -0.4 is 20.1 Å². The van der Waals surface area contributed by atoms with Crippen molar-refractivity contribution in [3.8, 4) is 5.75 Å². The number of aromatic nitrogens is 1. The van der Waals surface area contributed by atoms with Gasteiger partial charge in [-0.1, -0.05) is 25.0 Å². The molecule has 0 spiro atoms. The molecule has 6 heteroatoms. The molecule has 0 saturated carbocycles. The van der Waals surface area contributed by atoms with Crippen LogP contribution in [0, 0.1) is 0 Å². The van der Waals surface area contributed by atoms with Crippen LogP contribution in [0.5, 0.6) is 5.75 Å². The van der Waals surface area contributed by atoms with Crippen LogP contribution in [0.2, 0.25) is 0 Å². The molecule has 2 aromatic rings. The standard InChI is InChI=1S/C23H31N3O3/c1-28-21-8-5-6-18(15-21)14-19-7-3-2-4-9-26(19)22-16-20(17-23(27)24-22)25-10-12-29-13-11-25/h5-6,8,15-17,19H,2-4,7,9-14H2,1H3,(H,24,27). The normalized spacial score (nSPS) is 20.4. The van der Waals surface area contributed by atoms with Crippen LogP contribution in [0.15, 0.2) is 41.2 Å². The summed E-state index contributed by atoms with van der Waals surface area (Å²) in [7, 11) is 1.71. The quantitative estimate of drug-likeness (QED) is 0.840. The van der Waals surface area contributed by atoms with Gasteiger partial charge < -0.3 is 24.3 Å². The molecule has 2 aliphatic heterocycles. The van der Waals surface area contributed by atoms with E-state index in [4.69, 9.17) is 9.47 Å². The first-order chi connectivity index (χ1) is 14.2. The second-order valence-corrected chi connectivity index (χ2v) is 7.94. The first-order valence-corrected chi connectivity index (χ1v) is 10.7. The second-order valence-electron chi connectivity index (χ2n) is 7.94. The van der Waals surface area contributed by atoms with Gasteiger partial charge in [0.05, 0.1) is 20.3 Å². The maximum absolute atomic E-state index is 12.5. The van der Waals surface area contributed by atoms with Crippen molar-refractivity contribution in [2.24, 2.45) is 0 Å². The molecule has 0 bridgehead atoms. The first kappa shape index (κ1) is 19.8. The molecule has 156 valence electrons. The second kappa shape index (κ2) is 9.35. The predicted molar refractivity (Wildman–Crippen MR) is 116 cm³/mol. The van der Waals surface area contributed by atoms with Gasteiger partial charge in [-0.05, 0) is 37.0 Å². The van der Waals surface area contributed by atoms with E-state index in [9.17, 15) is 4.79 Å². The topological polar surface area (TPSA) is 57.8 Å². The number of morpholine rings is 1. The molecule has 1 aromatic heterocycles. The summed E-state index contributed by atoms with van der Waals surface area (Å²) in [6.45, 7) is 4.05. The highest BCUT2D eigenvalue weighted by atomic mass is 16.5. The molecule has 2 aliphatic rings. The number of pyridine rings is 1. The zero-order chi connectivity index (χ0) is 20.1. The summed E-state index contributed by atoms with van der Waals surface area (Å²) < 4.78 is 10.9. The number of aromatic amines is 1. The molecular weight excluding hydrogens is 366 g/mol. The van der Waals surface area contributed by atoms with Crippen LogP contribution in [0.3, 0.4) is 0 Å². The summed E-state index contributed by atoms with van der Waals surface area (Å²) in [5.74, 6) is 1.83. The van der Waals surface area contributed by atoms with Gasteiger partial charge in [0, 0.05) is 43.5 Å². The first-order valence-electron chi connectivity index (χ1n) is 10.7. The molecule has 2 fully saturated rings. The Bertz CT molecular complexity index is 860. The molecule has 0 radical (unpaired) electrons. The van der Waals surface area contributed by atoms with Gasteiger partial charge in [0.1, 0.15) is 11.6 Å². The lowest BCUT2D eigenvalue weighted by Crippen LogP contribution is -2.39. The lowest BCUT2D eigenvalue weighted by atomic mass is 10.0. The van der Waals surface area contributed by atoms with E-state index in [1.807, 2.05) is 6.07 Å². The van der Waals surface area contributed by atoms with Gasteiger partial charge in [0.15, 0.2) is 0 Å². The average Bonchev–Trinajstić information content (AvgIpc) is 2.99. The number of rotatable bonds is 5. The lowest BCUT2D eigenvalue weighted by Gasteiger charge is -2.34. The third kappa shape index (κ3) is 4.93. The van der Waals surface area contributed by atoms with Gasteiger partial charge in [0.25, 0.3) is 5.56 Å². The van der Waals surface area contributed by atoms with E-state index in [-0.39, 0.29) is 5.56 Å². The van der Waals surface area contributed by atoms with E-state index < -0.39 is 0 Å². The number of hydrogen-bond acceptors (Lipinski definition) is 5. The maximum atomic E-state index is 12.5. The number of H-pyrrole nitrogens is 1. The van der Waals surface area contributed by atoms with Crippen LogP contribution in [0.4, 0.5) is 11.5 Å². The van der Waals surface area contributed by atoms with Crippen molar-refractivity contribution in [2.45, 2.75) is 38.1 Å². The fourth-order valence-corrected chi connectivity index (χ4v) is 4.45. The zero-order valence-electron chi connectivity index (χ0n) is 17.2. The molecule has 6 nitrogen and oxygen atoms in total. The van der Waals surface area contributed by atoms with Crippen molar-refractivity contribution >= 4 is 11.5 Å². The Morgan fingerprint density at radius 3 is 2.79 bits per heavy atom. The van der Waals surface area contributed by atoms with Crippen LogP contribution in [-0.4, -0.2) is 51.0 Å². The van der Waals surface area contributed by atoms with Gasteiger partial charge in [-0.3, -0.25) is 4.79 Å². The molecule has 1 aromatic carbocycles. The number of hydrogen-bond donors (Lipinski definition) is 1. The van der Waals surface area contributed by atoms with Gasteiger partial charge in [-0.2, -0.15) is 0 Å². The number of nitrogens with zero attached hydrogens (tertiary/aromatic N) is 2. The Kier molecular flexibility index (Phi) is 6.39. The van der Waals surface area contributed by atoms with E-state index in [0.717, 1.165) is 56.2 Å². The minimum absolute atomic E-state index is 0.0339. The highest BCUT2D eigenvalue weighted by molar-refractivity contribution is 5.56. The third-order valence-electron chi connectivity index (χ3n) is 5.98. The molecule has 1 atom stereocenters. The Balaban J connectivity index is 1.61. The average molecular weight is 398 g/mol. The van der Waals surface area contributed by atoms with Gasteiger partial charge in [-0.15, -0.1) is 0 Å². The van der Waals surface area contributed by atoms with Crippen LogP contribution >= 0.6 is 0 Å². The maximum Gasteiger partial charge on any atom is 0.251 e. The van der Waals surface area contributed by atoms with Crippen molar-refractivity contribution in [1.82, 2.24) is 4.98 Å². The summed E-state index contributed by atoms with van der Waals surface area (Å²) in [5, 5.41) is 0. The van der Waals surface area contributed by atoms with Crippen molar-refractivity contribution in [3.05, 3.63) is 52.3 Å². The number of methoxy groups -OCH3 is 1. The molecule has 2 saturated heterocycles. The van der Waals surface area contributed by atoms with Crippen molar-refractivity contribution < 1.29 is 9.47 Å². The van der Waals surface area contributed by atoms with Crippen LogP contribution in [0.25, 0.3) is 0 Å². The fraction of sp³-hybridized carbons (Fsp3) is 0.522. The summed E-state index contributed by atoms with van der Waals surface area (Å²) in [5.41, 5.74) is 2.23. The Morgan fingerprint density at radius 2 is 1.97 bits per heavy atom. The number of anilines is 2. The smallest absolute Gasteiger partial charge is 0.251 e. The SMILES string of the molecule is COc1cccc(CC2CCCCCN2c2cc(N3CCOCC3)cc(=O)[nH]2)c1. The highest BCUT2D eigenvalue weighted by Crippen LogP contribution is 2.28. The van der Waals surface area contributed by atoms with Crippen molar-refractivity contribution in [2.75, 3.05) is 49.8 Å². The molecule has 0 aliphatic carbocycles. The largest absolute Gasteiger partial charge is 0.497 e. The molecule has 29 heavy (non-hydrogen) atoms. The number of ether oxygens (including phenoxy) is 2. The minimum Gasteiger partial charge on any atom is -0.497 e. The number of nitrogens with one attached hydrogen (secondary N) is 1. The Labute approximate surface area is 172 Å².